The second kappa shape index (κ2) is 8.79. The number of carboxylic acid groups (broad SMARTS) is 1. The third kappa shape index (κ3) is 6.12. The van der Waals surface area contributed by atoms with Gasteiger partial charge in [-0.3, -0.25) is 4.79 Å². The van der Waals surface area contributed by atoms with Crippen LogP contribution in [0.15, 0.2) is 36.9 Å². The lowest BCUT2D eigenvalue weighted by Gasteiger charge is -2.13. The monoisotopic (exact) mass is 291 g/mol. The summed E-state index contributed by atoms with van der Waals surface area (Å²) in [5, 5.41) is 11.6. The maximum absolute atomic E-state index is 11.8. The molecule has 0 aliphatic rings. The van der Waals surface area contributed by atoms with Crippen molar-refractivity contribution in [3.63, 3.8) is 0 Å². The first kappa shape index (κ1) is 16.8. The average molecular weight is 291 g/mol. The van der Waals surface area contributed by atoms with Gasteiger partial charge in [-0.05, 0) is 37.0 Å². The quantitative estimate of drug-likeness (QED) is 0.684. The lowest BCUT2D eigenvalue weighted by Crippen LogP contribution is -2.40. The van der Waals surface area contributed by atoms with Gasteiger partial charge in [0.05, 0.1) is 7.11 Å². The SMILES string of the molecule is C=CCCC(NC(=O)CCc1cccc(OC)c1)C(=O)O. The minimum Gasteiger partial charge on any atom is -0.497 e. The van der Waals surface area contributed by atoms with E-state index in [-0.39, 0.29) is 12.3 Å². The number of methoxy groups -OCH3 is 1. The van der Waals surface area contributed by atoms with Crippen molar-refractivity contribution in [2.75, 3.05) is 7.11 Å². The number of carboxylic acids is 1. The van der Waals surface area contributed by atoms with Crippen molar-refractivity contribution in [1.29, 1.82) is 0 Å². The van der Waals surface area contributed by atoms with Crippen molar-refractivity contribution >= 4 is 11.9 Å². The number of carbonyl (C=O) groups is 2. The van der Waals surface area contributed by atoms with Crippen LogP contribution in [-0.2, 0) is 16.0 Å². The van der Waals surface area contributed by atoms with Crippen LogP contribution in [0.5, 0.6) is 5.75 Å². The first-order chi connectivity index (χ1) is 10.1. The molecule has 0 heterocycles. The fourth-order valence-electron chi connectivity index (χ4n) is 1.89. The predicted octanol–water partition coefficient (Wildman–Crippen LogP) is 2.16. The summed E-state index contributed by atoms with van der Waals surface area (Å²) in [5.41, 5.74) is 0.975. The maximum atomic E-state index is 11.8. The Labute approximate surface area is 124 Å². The Morgan fingerprint density at radius 3 is 2.86 bits per heavy atom. The lowest BCUT2D eigenvalue weighted by atomic mass is 10.1. The topological polar surface area (TPSA) is 75.6 Å². The zero-order valence-electron chi connectivity index (χ0n) is 12.2. The molecule has 0 aliphatic carbocycles. The van der Waals surface area contributed by atoms with E-state index in [4.69, 9.17) is 9.84 Å². The molecule has 1 unspecified atom stereocenters. The summed E-state index contributed by atoms with van der Waals surface area (Å²) in [5.74, 6) is -0.553. The van der Waals surface area contributed by atoms with E-state index in [1.807, 2.05) is 24.3 Å². The highest BCUT2D eigenvalue weighted by atomic mass is 16.5. The van der Waals surface area contributed by atoms with E-state index in [0.29, 0.717) is 19.3 Å². The standard InChI is InChI=1S/C16H21NO4/c1-3-4-8-14(16(19)20)17-15(18)10-9-12-6-5-7-13(11-12)21-2/h3,5-7,11,14H,1,4,8-10H2,2H3,(H,17,18)(H,19,20). The molecule has 2 N–H and O–H groups in total. The number of benzene rings is 1. The van der Waals surface area contributed by atoms with Crippen LogP contribution >= 0.6 is 0 Å². The lowest BCUT2D eigenvalue weighted by molar-refractivity contribution is -0.142. The molecule has 0 saturated carbocycles. The summed E-state index contributed by atoms with van der Waals surface area (Å²) in [6.07, 6.45) is 3.32. The van der Waals surface area contributed by atoms with Crippen molar-refractivity contribution in [1.82, 2.24) is 5.32 Å². The largest absolute Gasteiger partial charge is 0.497 e. The Morgan fingerprint density at radius 1 is 1.48 bits per heavy atom. The van der Waals surface area contributed by atoms with Gasteiger partial charge in [-0.25, -0.2) is 4.79 Å². The molecule has 114 valence electrons. The molecule has 21 heavy (non-hydrogen) atoms. The molecule has 5 heteroatoms. The predicted molar refractivity (Wildman–Crippen MR) is 80.3 cm³/mol. The summed E-state index contributed by atoms with van der Waals surface area (Å²) in [4.78, 5) is 22.9. The van der Waals surface area contributed by atoms with E-state index >= 15 is 0 Å². The van der Waals surface area contributed by atoms with Gasteiger partial charge < -0.3 is 15.2 Å². The Morgan fingerprint density at radius 2 is 2.24 bits per heavy atom. The molecule has 1 aromatic rings. The highest BCUT2D eigenvalue weighted by Crippen LogP contribution is 2.13. The van der Waals surface area contributed by atoms with Crippen LogP contribution in [0.25, 0.3) is 0 Å². The fraction of sp³-hybridized carbons (Fsp3) is 0.375. The third-order valence-corrected chi connectivity index (χ3v) is 3.07. The number of hydrogen-bond acceptors (Lipinski definition) is 3. The van der Waals surface area contributed by atoms with Crippen molar-refractivity contribution in [3.05, 3.63) is 42.5 Å². The summed E-state index contributed by atoms with van der Waals surface area (Å²) >= 11 is 0. The summed E-state index contributed by atoms with van der Waals surface area (Å²) in [6.45, 7) is 3.55. The minimum absolute atomic E-state index is 0.241. The number of ether oxygens (including phenoxy) is 1. The first-order valence-corrected chi connectivity index (χ1v) is 6.82. The molecule has 0 radical (unpaired) electrons. The molecule has 1 atom stereocenters. The highest BCUT2D eigenvalue weighted by molar-refractivity contribution is 5.83. The number of rotatable bonds is 9. The van der Waals surface area contributed by atoms with Crippen LogP contribution in [0, 0.1) is 0 Å². The Bertz CT molecular complexity index is 499. The molecular formula is C16H21NO4. The number of hydrogen-bond donors (Lipinski definition) is 2. The van der Waals surface area contributed by atoms with Gasteiger partial charge in [0.1, 0.15) is 11.8 Å². The maximum Gasteiger partial charge on any atom is 0.326 e. The van der Waals surface area contributed by atoms with Gasteiger partial charge in [0, 0.05) is 6.42 Å². The van der Waals surface area contributed by atoms with Gasteiger partial charge >= 0.3 is 5.97 Å². The average Bonchev–Trinajstić information content (AvgIpc) is 2.49. The molecule has 1 aromatic carbocycles. The summed E-state index contributed by atoms with van der Waals surface area (Å²) < 4.78 is 5.11. The number of carbonyl (C=O) groups excluding carboxylic acids is 1. The van der Waals surface area contributed by atoms with E-state index in [1.54, 1.807) is 13.2 Å². The molecule has 0 bridgehead atoms. The third-order valence-electron chi connectivity index (χ3n) is 3.07. The molecule has 0 aromatic heterocycles. The van der Waals surface area contributed by atoms with Crippen LogP contribution in [0.1, 0.15) is 24.8 Å². The second-order valence-electron chi connectivity index (χ2n) is 4.68. The molecule has 0 saturated heterocycles. The number of nitrogens with one attached hydrogen (secondary N) is 1. The van der Waals surface area contributed by atoms with E-state index in [2.05, 4.69) is 11.9 Å². The van der Waals surface area contributed by atoms with Crippen LogP contribution in [0.3, 0.4) is 0 Å². The van der Waals surface area contributed by atoms with Gasteiger partial charge in [0.15, 0.2) is 0 Å². The van der Waals surface area contributed by atoms with Crippen molar-refractivity contribution in [3.8, 4) is 5.75 Å². The Kier molecular flexibility index (Phi) is 7.01. The summed E-state index contributed by atoms with van der Waals surface area (Å²) in [7, 11) is 1.59. The van der Waals surface area contributed by atoms with Crippen molar-refractivity contribution in [2.24, 2.45) is 0 Å². The first-order valence-electron chi connectivity index (χ1n) is 6.82. The molecule has 1 amide bonds. The van der Waals surface area contributed by atoms with Gasteiger partial charge in [-0.15, -0.1) is 6.58 Å². The van der Waals surface area contributed by atoms with Crippen LogP contribution in [-0.4, -0.2) is 30.1 Å². The zero-order valence-corrected chi connectivity index (χ0v) is 12.2. The van der Waals surface area contributed by atoms with E-state index in [9.17, 15) is 9.59 Å². The van der Waals surface area contributed by atoms with Crippen LogP contribution < -0.4 is 10.1 Å². The Balaban J connectivity index is 2.48. The minimum atomic E-state index is -1.02. The van der Waals surface area contributed by atoms with Crippen molar-refractivity contribution in [2.45, 2.75) is 31.7 Å². The van der Waals surface area contributed by atoms with Gasteiger partial charge in [-0.1, -0.05) is 18.2 Å². The number of aryl methyl sites for hydroxylation is 1. The zero-order chi connectivity index (χ0) is 15.7. The van der Waals surface area contributed by atoms with Crippen LogP contribution in [0.4, 0.5) is 0 Å². The van der Waals surface area contributed by atoms with E-state index in [1.165, 1.54) is 0 Å². The highest BCUT2D eigenvalue weighted by Gasteiger charge is 2.18. The second-order valence-corrected chi connectivity index (χ2v) is 4.68. The Hall–Kier alpha value is -2.30. The molecule has 0 spiro atoms. The van der Waals surface area contributed by atoms with Gasteiger partial charge in [-0.2, -0.15) is 0 Å². The smallest absolute Gasteiger partial charge is 0.326 e. The number of aliphatic carboxylic acids is 1. The van der Waals surface area contributed by atoms with Gasteiger partial charge in [0.2, 0.25) is 5.91 Å². The van der Waals surface area contributed by atoms with Crippen LogP contribution in [0.2, 0.25) is 0 Å². The molecule has 1 rings (SSSR count). The molecular weight excluding hydrogens is 270 g/mol. The number of amides is 1. The summed E-state index contributed by atoms with van der Waals surface area (Å²) in [6, 6.07) is 6.60. The molecule has 0 aliphatic heterocycles. The molecule has 5 nitrogen and oxygen atoms in total. The van der Waals surface area contributed by atoms with E-state index in [0.717, 1.165) is 11.3 Å². The van der Waals surface area contributed by atoms with Crippen molar-refractivity contribution < 1.29 is 19.4 Å². The number of allylic oxidation sites excluding steroid dienone is 1. The van der Waals surface area contributed by atoms with Gasteiger partial charge in [0.25, 0.3) is 0 Å². The normalized spacial score (nSPS) is 11.5. The van der Waals surface area contributed by atoms with E-state index < -0.39 is 12.0 Å². The molecule has 0 fully saturated rings. The fourth-order valence-corrected chi connectivity index (χ4v) is 1.89.